The number of ether oxygens (including phenoxy) is 1. The predicted molar refractivity (Wildman–Crippen MR) is 79.7 cm³/mol. The Hall–Kier alpha value is -1.84. The average Bonchev–Trinajstić information content (AvgIpc) is 2.47. The van der Waals surface area contributed by atoms with E-state index >= 15 is 0 Å². The quantitative estimate of drug-likeness (QED) is 0.811. The molecule has 0 heterocycles. The number of para-hydroxylation sites is 1. The van der Waals surface area contributed by atoms with Crippen molar-refractivity contribution in [2.75, 3.05) is 7.11 Å². The standard InChI is InChI=1S/C17H22O4/c1-21-15-8-4-3-7-13(15)14(18)11-17(12-16(19)20)9-5-2-6-10-17/h3-4,7-8H,2,5-6,9-12H2,1H3,(H,19,20). The van der Waals surface area contributed by atoms with Crippen LogP contribution in [0.5, 0.6) is 5.75 Å². The largest absolute Gasteiger partial charge is 0.496 e. The van der Waals surface area contributed by atoms with Crippen molar-refractivity contribution in [3.05, 3.63) is 29.8 Å². The third-order valence-corrected chi connectivity index (χ3v) is 4.38. The summed E-state index contributed by atoms with van der Waals surface area (Å²) in [5.41, 5.74) is 0.164. The first-order chi connectivity index (χ1) is 10.1. The summed E-state index contributed by atoms with van der Waals surface area (Å²) < 4.78 is 5.23. The number of ketones is 1. The monoisotopic (exact) mass is 290 g/mol. The molecule has 0 spiro atoms. The van der Waals surface area contributed by atoms with Crippen molar-refractivity contribution in [3.63, 3.8) is 0 Å². The molecule has 0 aliphatic heterocycles. The Balaban J connectivity index is 2.19. The van der Waals surface area contributed by atoms with E-state index in [1.807, 2.05) is 6.07 Å². The van der Waals surface area contributed by atoms with Gasteiger partial charge in [-0.05, 0) is 30.4 Å². The van der Waals surface area contributed by atoms with Gasteiger partial charge in [0.15, 0.2) is 5.78 Å². The Bertz CT molecular complexity index is 515. The number of Topliss-reactive ketones (excluding diaryl/α,β-unsaturated/α-hetero) is 1. The van der Waals surface area contributed by atoms with Crippen LogP contribution >= 0.6 is 0 Å². The van der Waals surface area contributed by atoms with E-state index in [-0.39, 0.29) is 17.6 Å². The summed E-state index contributed by atoms with van der Waals surface area (Å²) in [4.78, 5) is 23.8. The van der Waals surface area contributed by atoms with E-state index in [0.717, 1.165) is 32.1 Å². The van der Waals surface area contributed by atoms with Crippen molar-refractivity contribution in [1.82, 2.24) is 0 Å². The van der Waals surface area contributed by atoms with Gasteiger partial charge in [-0.15, -0.1) is 0 Å². The summed E-state index contributed by atoms with van der Waals surface area (Å²) in [6, 6.07) is 7.14. The van der Waals surface area contributed by atoms with Crippen molar-refractivity contribution in [2.24, 2.45) is 5.41 Å². The Morgan fingerprint density at radius 1 is 1.14 bits per heavy atom. The normalized spacial score (nSPS) is 17.2. The van der Waals surface area contributed by atoms with Crippen LogP contribution in [-0.4, -0.2) is 24.0 Å². The number of hydrogen-bond donors (Lipinski definition) is 1. The highest BCUT2D eigenvalue weighted by Crippen LogP contribution is 2.43. The first-order valence-electron chi connectivity index (χ1n) is 7.44. The maximum Gasteiger partial charge on any atom is 0.303 e. The first kappa shape index (κ1) is 15.5. The van der Waals surface area contributed by atoms with Crippen LogP contribution in [0, 0.1) is 5.41 Å². The minimum absolute atomic E-state index is 0.0180. The number of carbonyl (C=O) groups excluding carboxylic acids is 1. The third-order valence-electron chi connectivity index (χ3n) is 4.38. The number of benzene rings is 1. The molecule has 2 rings (SSSR count). The van der Waals surface area contributed by atoms with E-state index in [1.54, 1.807) is 25.3 Å². The van der Waals surface area contributed by atoms with Gasteiger partial charge in [-0.1, -0.05) is 31.4 Å². The van der Waals surface area contributed by atoms with Crippen molar-refractivity contribution >= 4 is 11.8 Å². The van der Waals surface area contributed by atoms with Crippen LogP contribution in [0.3, 0.4) is 0 Å². The number of carbonyl (C=O) groups is 2. The lowest BCUT2D eigenvalue weighted by molar-refractivity contribution is -0.140. The second-order valence-corrected chi connectivity index (χ2v) is 5.93. The molecule has 1 aromatic carbocycles. The first-order valence-corrected chi connectivity index (χ1v) is 7.44. The SMILES string of the molecule is COc1ccccc1C(=O)CC1(CC(=O)O)CCCCC1. The summed E-state index contributed by atoms with van der Waals surface area (Å²) in [6.45, 7) is 0. The summed E-state index contributed by atoms with van der Waals surface area (Å²) in [5, 5.41) is 9.18. The molecule has 1 aliphatic carbocycles. The number of rotatable bonds is 6. The van der Waals surface area contributed by atoms with Crippen LogP contribution < -0.4 is 4.74 Å². The molecule has 0 amide bonds. The molecular weight excluding hydrogens is 268 g/mol. The fraction of sp³-hybridized carbons (Fsp3) is 0.529. The lowest BCUT2D eigenvalue weighted by Gasteiger charge is -2.35. The summed E-state index contributed by atoms with van der Waals surface area (Å²) in [6.07, 6.45) is 5.15. The lowest BCUT2D eigenvalue weighted by Crippen LogP contribution is -2.30. The minimum atomic E-state index is -0.815. The molecule has 4 nitrogen and oxygen atoms in total. The smallest absolute Gasteiger partial charge is 0.303 e. The highest BCUT2D eigenvalue weighted by molar-refractivity contribution is 5.99. The Kier molecular flexibility index (Phi) is 4.99. The van der Waals surface area contributed by atoms with Crippen molar-refractivity contribution in [2.45, 2.75) is 44.9 Å². The molecule has 1 aliphatic rings. The number of methoxy groups -OCH3 is 1. The maximum atomic E-state index is 12.6. The van der Waals surface area contributed by atoms with Crippen LogP contribution in [0.15, 0.2) is 24.3 Å². The third kappa shape index (κ3) is 3.84. The van der Waals surface area contributed by atoms with Gasteiger partial charge >= 0.3 is 5.97 Å². The van der Waals surface area contributed by atoms with Gasteiger partial charge in [-0.25, -0.2) is 0 Å². The average molecular weight is 290 g/mol. The van der Waals surface area contributed by atoms with Gasteiger partial charge in [0.1, 0.15) is 5.75 Å². The van der Waals surface area contributed by atoms with E-state index in [9.17, 15) is 14.7 Å². The zero-order valence-corrected chi connectivity index (χ0v) is 12.4. The molecule has 0 aromatic heterocycles. The molecular formula is C17H22O4. The molecule has 1 fully saturated rings. The van der Waals surface area contributed by atoms with Crippen LogP contribution in [0.25, 0.3) is 0 Å². The predicted octanol–water partition coefficient (Wildman–Crippen LogP) is 3.69. The fourth-order valence-corrected chi connectivity index (χ4v) is 3.35. The molecule has 0 atom stereocenters. The van der Waals surface area contributed by atoms with Gasteiger partial charge < -0.3 is 9.84 Å². The van der Waals surface area contributed by atoms with Crippen LogP contribution in [0.4, 0.5) is 0 Å². The molecule has 1 aromatic rings. The van der Waals surface area contributed by atoms with Crippen molar-refractivity contribution < 1.29 is 19.4 Å². The number of carboxylic acid groups (broad SMARTS) is 1. The molecule has 114 valence electrons. The zero-order chi connectivity index (χ0) is 15.3. The molecule has 0 bridgehead atoms. The highest BCUT2D eigenvalue weighted by Gasteiger charge is 2.37. The fourth-order valence-electron chi connectivity index (χ4n) is 3.35. The van der Waals surface area contributed by atoms with E-state index in [1.165, 1.54) is 0 Å². The zero-order valence-electron chi connectivity index (χ0n) is 12.4. The Morgan fingerprint density at radius 3 is 2.43 bits per heavy atom. The summed E-state index contributed by atoms with van der Waals surface area (Å²) in [7, 11) is 1.54. The van der Waals surface area contributed by atoms with Crippen LogP contribution in [-0.2, 0) is 4.79 Å². The topological polar surface area (TPSA) is 63.6 Å². The maximum absolute atomic E-state index is 12.6. The van der Waals surface area contributed by atoms with Crippen LogP contribution in [0.1, 0.15) is 55.3 Å². The Morgan fingerprint density at radius 2 is 1.81 bits per heavy atom. The molecule has 1 N–H and O–H groups in total. The molecule has 0 radical (unpaired) electrons. The number of carboxylic acids is 1. The molecule has 21 heavy (non-hydrogen) atoms. The second kappa shape index (κ2) is 6.74. The number of aliphatic carboxylic acids is 1. The van der Waals surface area contributed by atoms with Crippen molar-refractivity contribution in [1.29, 1.82) is 0 Å². The van der Waals surface area contributed by atoms with E-state index in [0.29, 0.717) is 17.7 Å². The number of hydrogen-bond acceptors (Lipinski definition) is 3. The van der Waals surface area contributed by atoms with Crippen LogP contribution in [0.2, 0.25) is 0 Å². The molecule has 0 unspecified atom stereocenters. The van der Waals surface area contributed by atoms with Gasteiger partial charge in [0.2, 0.25) is 0 Å². The van der Waals surface area contributed by atoms with Gasteiger partial charge in [-0.2, -0.15) is 0 Å². The van der Waals surface area contributed by atoms with Gasteiger partial charge in [0.05, 0.1) is 19.1 Å². The second-order valence-electron chi connectivity index (χ2n) is 5.93. The van der Waals surface area contributed by atoms with Gasteiger partial charge in [0, 0.05) is 6.42 Å². The molecule has 4 heteroatoms. The molecule has 1 saturated carbocycles. The van der Waals surface area contributed by atoms with E-state index in [4.69, 9.17) is 4.74 Å². The Labute approximate surface area is 125 Å². The van der Waals surface area contributed by atoms with E-state index in [2.05, 4.69) is 0 Å². The summed E-state index contributed by atoms with van der Waals surface area (Å²) in [5.74, 6) is -0.274. The van der Waals surface area contributed by atoms with Gasteiger partial charge in [0.25, 0.3) is 0 Å². The van der Waals surface area contributed by atoms with Crippen molar-refractivity contribution in [3.8, 4) is 5.75 Å². The minimum Gasteiger partial charge on any atom is -0.496 e. The lowest BCUT2D eigenvalue weighted by atomic mass is 9.68. The summed E-state index contributed by atoms with van der Waals surface area (Å²) >= 11 is 0. The molecule has 0 saturated heterocycles. The van der Waals surface area contributed by atoms with E-state index < -0.39 is 5.97 Å². The van der Waals surface area contributed by atoms with Gasteiger partial charge in [-0.3, -0.25) is 9.59 Å². The highest BCUT2D eigenvalue weighted by atomic mass is 16.5.